The maximum absolute atomic E-state index is 11.2. The van der Waals surface area contributed by atoms with Crippen molar-refractivity contribution in [3.63, 3.8) is 0 Å². The second-order valence-corrected chi connectivity index (χ2v) is 8.61. The summed E-state index contributed by atoms with van der Waals surface area (Å²) in [5.74, 6) is 0. The third-order valence-electron chi connectivity index (χ3n) is 5.54. The number of nitrogen functional groups attached to an aromatic ring is 1. The van der Waals surface area contributed by atoms with E-state index in [1.165, 1.54) is 0 Å². The quantitative estimate of drug-likeness (QED) is 0.200. The highest BCUT2D eigenvalue weighted by Crippen LogP contribution is 2.42. The number of rotatable bonds is 5. The average Bonchev–Trinajstić information content (AvgIpc) is 2.74. The normalized spacial score (nSPS) is 44.7. The molecule has 10 atom stereocenters. The fraction of sp³-hybridized carbons (Fsp3) is 0.667. The minimum absolute atomic E-state index is 0.523. The number of nitrogens with two attached hydrogens (primary N) is 1. The van der Waals surface area contributed by atoms with Crippen LogP contribution in [0.1, 0.15) is 0 Å². The van der Waals surface area contributed by atoms with Gasteiger partial charge in [0, 0.05) is 10.6 Å². The fourth-order valence-corrected chi connectivity index (χ4v) is 4.81. The Morgan fingerprint density at radius 2 is 1.50 bits per heavy atom. The summed E-state index contributed by atoms with van der Waals surface area (Å²) in [6.45, 7) is -1.58. The summed E-state index contributed by atoms with van der Waals surface area (Å²) in [5, 5.41) is 82.1. The molecule has 0 unspecified atom stereocenters. The van der Waals surface area contributed by atoms with Gasteiger partial charge in [-0.1, -0.05) is 11.8 Å². The number of ether oxygens (including phenoxy) is 2. The zero-order valence-corrected chi connectivity index (χ0v) is 16.6. The first-order valence-electron chi connectivity index (χ1n) is 9.32. The largest absolute Gasteiger partial charge is 0.399 e. The summed E-state index contributed by atoms with van der Waals surface area (Å²) in [6, 6.07) is 6.58. The molecule has 0 spiro atoms. The number of aliphatic hydroxyl groups is 8. The van der Waals surface area contributed by atoms with Gasteiger partial charge in [0.25, 0.3) is 0 Å². The molecule has 0 saturated carbocycles. The third kappa shape index (κ3) is 4.06. The van der Waals surface area contributed by atoms with Crippen LogP contribution in [0.15, 0.2) is 29.2 Å². The Bertz CT molecular complexity index is 705. The predicted octanol–water partition coefficient (Wildman–Crippen LogP) is -3.63. The van der Waals surface area contributed by atoms with Crippen LogP contribution in [-0.2, 0) is 9.47 Å². The zero-order chi connectivity index (χ0) is 22.2. The van der Waals surface area contributed by atoms with Gasteiger partial charge in [-0.3, -0.25) is 0 Å². The molecule has 12 heteroatoms. The highest BCUT2D eigenvalue weighted by molar-refractivity contribution is 7.99. The second-order valence-electron chi connectivity index (χ2n) is 7.43. The lowest BCUT2D eigenvalue weighted by atomic mass is 9.75. The molecule has 170 valence electrons. The topological polar surface area (TPSA) is 206 Å². The van der Waals surface area contributed by atoms with E-state index in [2.05, 4.69) is 0 Å². The van der Waals surface area contributed by atoms with Crippen LogP contribution in [0.4, 0.5) is 5.69 Å². The molecule has 11 nitrogen and oxygen atoms in total. The molecule has 2 saturated heterocycles. The minimum atomic E-state index is -2.57. The van der Waals surface area contributed by atoms with Gasteiger partial charge in [-0.2, -0.15) is 0 Å². The summed E-state index contributed by atoms with van der Waals surface area (Å²) in [6.07, 6.45) is -13.8. The van der Waals surface area contributed by atoms with E-state index in [0.717, 1.165) is 11.8 Å². The molecular formula is C18H27NO10S. The van der Waals surface area contributed by atoms with Crippen LogP contribution in [0.3, 0.4) is 0 Å². The lowest BCUT2D eigenvalue weighted by Crippen LogP contribution is -2.76. The van der Waals surface area contributed by atoms with Crippen LogP contribution in [-0.4, -0.2) is 114 Å². The predicted molar refractivity (Wildman–Crippen MR) is 103 cm³/mol. The number of aliphatic hydroxyl groups excluding tert-OH is 7. The van der Waals surface area contributed by atoms with Gasteiger partial charge in [0.15, 0.2) is 5.60 Å². The molecule has 2 aliphatic heterocycles. The van der Waals surface area contributed by atoms with Crippen molar-refractivity contribution in [2.75, 3.05) is 18.9 Å². The van der Waals surface area contributed by atoms with Crippen molar-refractivity contribution in [1.82, 2.24) is 0 Å². The number of hydrogen-bond donors (Lipinski definition) is 9. The molecule has 0 bridgehead atoms. The Morgan fingerprint density at radius 3 is 2.07 bits per heavy atom. The Kier molecular flexibility index (Phi) is 7.26. The molecule has 10 N–H and O–H groups in total. The van der Waals surface area contributed by atoms with E-state index in [-0.39, 0.29) is 0 Å². The van der Waals surface area contributed by atoms with E-state index in [0.29, 0.717) is 10.6 Å². The van der Waals surface area contributed by atoms with Crippen molar-refractivity contribution >= 4 is 17.4 Å². The molecule has 3 rings (SSSR count). The van der Waals surface area contributed by atoms with Gasteiger partial charge in [-0.15, -0.1) is 0 Å². The summed E-state index contributed by atoms with van der Waals surface area (Å²) in [4.78, 5) is 0.635. The van der Waals surface area contributed by atoms with Crippen LogP contribution in [0, 0.1) is 0 Å². The fourth-order valence-electron chi connectivity index (χ4n) is 3.77. The van der Waals surface area contributed by atoms with Gasteiger partial charge in [0.05, 0.1) is 13.2 Å². The van der Waals surface area contributed by atoms with E-state index in [9.17, 15) is 40.9 Å². The molecule has 0 aliphatic carbocycles. The van der Waals surface area contributed by atoms with Gasteiger partial charge in [0.2, 0.25) is 0 Å². The van der Waals surface area contributed by atoms with E-state index in [1.54, 1.807) is 24.3 Å². The van der Waals surface area contributed by atoms with Gasteiger partial charge >= 0.3 is 0 Å². The molecule has 2 aliphatic rings. The monoisotopic (exact) mass is 449 g/mol. The van der Waals surface area contributed by atoms with E-state index < -0.39 is 73.1 Å². The Balaban J connectivity index is 1.87. The Hall–Kier alpha value is -1.03. The van der Waals surface area contributed by atoms with Gasteiger partial charge in [-0.25, -0.2) is 0 Å². The Labute approximate surface area is 176 Å². The molecule has 0 amide bonds. The van der Waals surface area contributed by atoms with Crippen molar-refractivity contribution in [2.24, 2.45) is 0 Å². The third-order valence-corrected chi connectivity index (χ3v) is 6.70. The standard InChI is InChI=1S/C18H27NO10S/c19-7-1-3-8(4-2-7)30-17-14(25)15(26)18(27,10(6-21)29-17)16-13(24)12(23)11(22)9(5-20)28-16/h1-4,9-17,20-27H,5-6,19H2/t9-,10-,11-,12+,13-,14-,15-,16-,17+,18-/m1/s1. The molecule has 0 radical (unpaired) electrons. The molecule has 30 heavy (non-hydrogen) atoms. The maximum Gasteiger partial charge on any atom is 0.150 e. The summed E-state index contributed by atoms with van der Waals surface area (Å²) < 4.78 is 11.0. The van der Waals surface area contributed by atoms with Crippen LogP contribution in [0.5, 0.6) is 0 Å². The van der Waals surface area contributed by atoms with Crippen molar-refractivity contribution in [2.45, 2.75) is 64.8 Å². The average molecular weight is 449 g/mol. The van der Waals surface area contributed by atoms with Crippen LogP contribution < -0.4 is 5.73 Å². The van der Waals surface area contributed by atoms with Crippen LogP contribution in [0.2, 0.25) is 0 Å². The van der Waals surface area contributed by atoms with Gasteiger partial charge in [0.1, 0.15) is 54.3 Å². The Morgan fingerprint density at radius 1 is 0.867 bits per heavy atom. The lowest BCUT2D eigenvalue weighted by Gasteiger charge is -2.54. The molecular weight excluding hydrogens is 422 g/mol. The highest BCUT2D eigenvalue weighted by atomic mass is 32.2. The summed E-state index contributed by atoms with van der Waals surface area (Å²) in [7, 11) is 0. The molecule has 2 fully saturated rings. The molecule has 0 aromatic heterocycles. The number of thioether (sulfide) groups is 1. The van der Waals surface area contributed by atoms with E-state index >= 15 is 0 Å². The van der Waals surface area contributed by atoms with Crippen molar-refractivity contribution in [3.8, 4) is 0 Å². The van der Waals surface area contributed by atoms with E-state index in [1.807, 2.05) is 0 Å². The van der Waals surface area contributed by atoms with Gasteiger partial charge in [-0.05, 0) is 24.3 Å². The van der Waals surface area contributed by atoms with Crippen molar-refractivity contribution in [3.05, 3.63) is 24.3 Å². The number of hydrogen-bond acceptors (Lipinski definition) is 12. The van der Waals surface area contributed by atoms with E-state index in [4.69, 9.17) is 15.2 Å². The van der Waals surface area contributed by atoms with Gasteiger partial charge < -0.3 is 56.1 Å². The SMILES string of the molecule is Nc1ccc(S[C@@H]2O[C@H](CO)[C@](O)([C@@H]3O[C@H](CO)[C@@H](O)[C@H](O)[C@H]3O)[C@H](O)[C@H]2O)cc1. The molecule has 2 heterocycles. The van der Waals surface area contributed by atoms with Crippen LogP contribution >= 0.6 is 11.8 Å². The first-order chi connectivity index (χ1) is 14.1. The zero-order valence-electron chi connectivity index (χ0n) is 15.8. The number of benzene rings is 1. The molecule has 1 aromatic carbocycles. The number of anilines is 1. The highest BCUT2D eigenvalue weighted by Gasteiger charge is 2.63. The summed E-state index contributed by atoms with van der Waals surface area (Å²) >= 11 is 1.02. The lowest BCUT2D eigenvalue weighted by molar-refractivity contribution is -0.337. The minimum Gasteiger partial charge on any atom is -0.399 e. The first kappa shape index (κ1) is 23.6. The van der Waals surface area contributed by atoms with Crippen LogP contribution in [0.25, 0.3) is 0 Å². The first-order valence-corrected chi connectivity index (χ1v) is 10.2. The smallest absolute Gasteiger partial charge is 0.150 e. The van der Waals surface area contributed by atoms with Crippen molar-refractivity contribution in [1.29, 1.82) is 0 Å². The molecule has 1 aromatic rings. The summed E-state index contributed by atoms with van der Waals surface area (Å²) in [5.41, 5.74) is 2.49. The van der Waals surface area contributed by atoms with Crippen molar-refractivity contribution < 1.29 is 50.3 Å². The maximum atomic E-state index is 11.2. The second kappa shape index (κ2) is 9.22.